The van der Waals surface area contributed by atoms with Crippen LogP contribution in [0.15, 0.2) is 24.3 Å². The van der Waals surface area contributed by atoms with Gasteiger partial charge >= 0.3 is 0 Å². The minimum Gasteiger partial charge on any atom is -0.396 e. The van der Waals surface area contributed by atoms with Gasteiger partial charge in [-0.3, -0.25) is 0 Å². The summed E-state index contributed by atoms with van der Waals surface area (Å²) in [7, 11) is 4.13. The first-order chi connectivity index (χ1) is 7.17. The Bertz CT molecular complexity index is 342. The van der Waals surface area contributed by atoms with Crippen LogP contribution in [0, 0.1) is 5.41 Å². The van der Waals surface area contributed by atoms with Gasteiger partial charge in [-0.05, 0) is 36.3 Å². The molecule has 1 aromatic rings. The molecule has 1 N–H and O–H groups in total. The lowest BCUT2D eigenvalue weighted by Crippen LogP contribution is -2.15. The van der Waals surface area contributed by atoms with Crippen LogP contribution in [0.4, 0.5) is 5.69 Å². The molecular weight excluding hydrogens is 186 g/mol. The zero-order valence-electron chi connectivity index (χ0n) is 9.53. The first-order valence-electron chi connectivity index (χ1n) is 5.53. The molecule has 0 saturated heterocycles. The van der Waals surface area contributed by atoms with Gasteiger partial charge in [-0.15, -0.1) is 0 Å². The van der Waals surface area contributed by atoms with Gasteiger partial charge in [-0.1, -0.05) is 18.2 Å². The zero-order chi connectivity index (χ0) is 10.9. The van der Waals surface area contributed by atoms with E-state index >= 15 is 0 Å². The summed E-state index contributed by atoms with van der Waals surface area (Å²) in [6.45, 7) is 0.328. The van der Waals surface area contributed by atoms with Crippen LogP contribution in [0.2, 0.25) is 0 Å². The van der Waals surface area contributed by atoms with Gasteiger partial charge in [-0.25, -0.2) is 0 Å². The van der Waals surface area contributed by atoms with E-state index in [4.69, 9.17) is 0 Å². The normalized spacial score (nSPS) is 17.5. The summed E-state index contributed by atoms with van der Waals surface area (Å²) < 4.78 is 0. The van der Waals surface area contributed by atoms with Crippen molar-refractivity contribution in [1.29, 1.82) is 0 Å². The first-order valence-corrected chi connectivity index (χ1v) is 5.53. The van der Waals surface area contributed by atoms with Crippen LogP contribution in [-0.2, 0) is 6.42 Å². The zero-order valence-corrected chi connectivity index (χ0v) is 9.53. The lowest BCUT2D eigenvalue weighted by atomic mass is 9.96. The highest BCUT2D eigenvalue weighted by molar-refractivity contribution is 5.53. The number of hydrogen-bond acceptors (Lipinski definition) is 2. The van der Waals surface area contributed by atoms with Crippen molar-refractivity contribution < 1.29 is 5.11 Å². The summed E-state index contributed by atoms with van der Waals surface area (Å²) in [5, 5.41) is 9.33. The predicted molar refractivity (Wildman–Crippen MR) is 63.2 cm³/mol. The van der Waals surface area contributed by atoms with Crippen LogP contribution < -0.4 is 4.90 Å². The molecule has 0 aromatic heterocycles. The molecule has 1 saturated carbocycles. The molecule has 82 valence electrons. The molecule has 0 aliphatic heterocycles. The van der Waals surface area contributed by atoms with Crippen molar-refractivity contribution >= 4 is 5.69 Å². The van der Waals surface area contributed by atoms with Gasteiger partial charge in [0.15, 0.2) is 0 Å². The molecule has 0 radical (unpaired) electrons. The van der Waals surface area contributed by atoms with Gasteiger partial charge in [0.1, 0.15) is 0 Å². The molecule has 15 heavy (non-hydrogen) atoms. The van der Waals surface area contributed by atoms with Crippen molar-refractivity contribution in [1.82, 2.24) is 0 Å². The quantitative estimate of drug-likeness (QED) is 0.813. The van der Waals surface area contributed by atoms with E-state index in [2.05, 4.69) is 43.3 Å². The molecule has 0 bridgehead atoms. The van der Waals surface area contributed by atoms with E-state index in [1.165, 1.54) is 24.1 Å². The predicted octanol–water partition coefficient (Wildman–Crippen LogP) is 2.07. The van der Waals surface area contributed by atoms with Gasteiger partial charge in [0.2, 0.25) is 0 Å². The van der Waals surface area contributed by atoms with Gasteiger partial charge < -0.3 is 10.0 Å². The second kappa shape index (κ2) is 3.86. The molecule has 0 unspecified atom stereocenters. The largest absolute Gasteiger partial charge is 0.396 e. The topological polar surface area (TPSA) is 23.5 Å². The summed E-state index contributed by atoms with van der Waals surface area (Å²) in [6.07, 6.45) is 3.36. The van der Waals surface area contributed by atoms with Gasteiger partial charge in [0, 0.05) is 26.4 Å². The van der Waals surface area contributed by atoms with Crippen molar-refractivity contribution in [2.75, 3.05) is 25.6 Å². The number of anilines is 1. The number of aliphatic hydroxyl groups is 1. The Labute approximate surface area is 91.5 Å². The molecule has 1 aromatic carbocycles. The van der Waals surface area contributed by atoms with Crippen LogP contribution in [-0.4, -0.2) is 25.8 Å². The summed E-state index contributed by atoms with van der Waals surface area (Å²) in [6, 6.07) is 8.46. The Morgan fingerprint density at radius 1 is 1.27 bits per heavy atom. The molecule has 1 aliphatic rings. The van der Waals surface area contributed by atoms with Gasteiger partial charge in [0.05, 0.1) is 0 Å². The van der Waals surface area contributed by atoms with E-state index in [0.29, 0.717) is 6.61 Å². The van der Waals surface area contributed by atoms with Gasteiger partial charge in [0.25, 0.3) is 0 Å². The monoisotopic (exact) mass is 205 g/mol. The molecule has 1 fully saturated rings. The van der Waals surface area contributed by atoms with E-state index in [-0.39, 0.29) is 5.41 Å². The molecular formula is C13H19NO. The molecule has 0 amide bonds. The number of para-hydroxylation sites is 1. The summed E-state index contributed by atoms with van der Waals surface area (Å²) in [4.78, 5) is 2.14. The van der Waals surface area contributed by atoms with E-state index in [1.54, 1.807) is 0 Å². The standard InChI is InChI=1S/C13H19NO/c1-14(2)12-6-4-3-5-11(12)9-13(10-15)7-8-13/h3-6,15H,7-10H2,1-2H3. The SMILES string of the molecule is CN(C)c1ccccc1CC1(CO)CC1. The first kappa shape index (κ1) is 10.5. The van der Waals surface area contributed by atoms with Crippen molar-refractivity contribution in [3.05, 3.63) is 29.8 Å². The van der Waals surface area contributed by atoms with Crippen LogP contribution in [0.3, 0.4) is 0 Å². The van der Waals surface area contributed by atoms with Crippen LogP contribution >= 0.6 is 0 Å². The minimum absolute atomic E-state index is 0.201. The lowest BCUT2D eigenvalue weighted by Gasteiger charge is -2.20. The smallest absolute Gasteiger partial charge is 0.0490 e. The fourth-order valence-electron chi connectivity index (χ4n) is 2.07. The van der Waals surface area contributed by atoms with Crippen LogP contribution in [0.1, 0.15) is 18.4 Å². The van der Waals surface area contributed by atoms with Crippen LogP contribution in [0.25, 0.3) is 0 Å². The summed E-state index contributed by atoms with van der Waals surface area (Å²) >= 11 is 0. The molecule has 1 aliphatic carbocycles. The maximum Gasteiger partial charge on any atom is 0.0490 e. The highest BCUT2D eigenvalue weighted by Gasteiger charge is 2.42. The third kappa shape index (κ3) is 2.15. The number of rotatable bonds is 4. The Kier molecular flexibility index (Phi) is 2.70. The van der Waals surface area contributed by atoms with E-state index in [1.807, 2.05) is 0 Å². The van der Waals surface area contributed by atoms with E-state index in [0.717, 1.165) is 6.42 Å². The fourth-order valence-corrected chi connectivity index (χ4v) is 2.07. The number of nitrogens with zero attached hydrogens (tertiary/aromatic N) is 1. The number of benzene rings is 1. The highest BCUT2D eigenvalue weighted by Crippen LogP contribution is 2.48. The van der Waals surface area contributed by atoms with Crippen molar-refractivity contribution in [3.8, 4) is 0 Å². The molecule has 2 nitrogen and oxygen atoms in total. The van der Waals surface area contributed by atoms with Crippen molar-refractivity contribution in [2.45, 2.75) is 19.3 Å². The lowest BCUT2D eigenvalue weighted by molar-refractivity contribution is 0.211. The summed E-state index contributed by atoms with van der Waals surface area (Å²) in [5.41, 5.74) is 2.83. The molecule has 2 rings (SSSR count). The van der Waals surface area contributed by atoms with Gasteiger partial charge in [-0.2, -0.15) is 0 Å². The number of aliphatic hydroxyl groups excluding tert-OH is 1. The second-order valence-corrected chi connectivity index (χ2v) is 4.86. The Morgan fingerprint density at radius 2 is 1.93 bits per heavy atom. The number of hydrogen-bond donors (Lipinski definition) is 1. The second-order valence-electron chi connectivity index (χ2n) is 4.86. The molecule has 0 heterocycles. The Balaban J connectivity index is 2.20. The van der Waals surface area contributed by atoms with E-state index < -0.39 is 0 Å². The maximum absolute atomic E-state index is 9.33. The maximum atomic E-state index is 9.33. The van der Waals surface area contributed by atoms with Crippen LogP contribution in [0.5, 0.6) is 0 Å². The third-order valence-corrected chi connectivity index (χ3v) is 3.33. The molecule has 0 atom stereocenters. The summed E-state index contributed by atoms with van der Waals surface area (Å²) in [5.74, 6) is 0. The third-order valence-electron chi connectivity index (χ3n) is 3.33. The Morgan fingerprint density at radius 3 is 2.47 bits per heavy atom. The van der Waals surface area contributed by atoms with Crippen molar-refractivity contribution in [2.24, 2.45) is 5.41 Å². The average Bonchev–Trinajstić information content (AvgIpc) is 2.99. The molecule has 0 spiro atoms. The van der Waals surface area contributed by atoms with E-state index in [9.17, 15) is 5.11 Å². The Hall–Kier alpha value is -1.02. The average molecular weight is 205 g/mol. The highest BCUT2D eigenvalue weighted by atomic mass is 16.3. The van der Waals surface area contributed by atoms with Crippen molar-refractivity contribution in [3.63, 3.8) is 0 Å². The fraction of sp³-hybridized carbons (Fsp3) is 0.538. The minimum atomic E-state index is 0.201. The molecule has 2 heteroatoms.